The van der Waals surface area contributed by atoms with E-state index in [0.29, 0.717) is 0 Å². The van der Waals surface area contributed by atoms with Crippen molar-refractivity contribution in [3.63, 3.8) is 0 Å². The van der Waals surface area contributed by atoms with E-state index in [1.54, 1.807) is 6.92 Å². The second-order valence-electron chi connectivity index (χ2n) is 5.04. The molecule has 0 aliphatic heterocycles. The van der Waals surface area contributed by atoms with Gasteiger partial charge in [0.25, 0.3) is 0 Å². The number of sulfone groups is 1. The summed E-state index contributed by atoms with van der Waals surface area (Å²) in [6.07, 6.45) is 3.07. The number of carbonyl (C=O) groups excluding carboxylic acids is 2. The number of hydrogen-bond donors (Lipinski definition) is 3. The maximum atomic E-state index is 11.7. The van der Waals surface area contributed by atoms with Crippen molar-refractivity contribution >= 4 is 21.7 Å². The van der Waals surface area contributed by atoms with Gasteiger partial charge in [0.2, 0.25) is 11.8 Å². The van der Waals surface area contributed by atoms with Crippen LogP contribution >= 0.6 is 0 Å². The minimum atomic E-state index is -3.14. The second-order valence-corrected chi connectivity index (χ2v) is 7.30. The lowest BCUT2D eigenvalue weighted by Gasteiger charge is -2.17. The van der Waals surface area contributed by atoms with Crippen LogP contribution in [0.4, 0.5) is 0 Å². The Kier molecular flexibility index (Phi) is 5.30. The van der Waals surface area contributed by atoms with E-state index in [2.05, 4.69) is 10.6 Å². The average Bonchev–Trinajstić information content (AvgIpc) is 3.08. The molecule has 1 rings (SSSR count). The van der Waals surface area contributed by atoms with Gasteiger partial charge in [-0.25, -0.2) is 8.42 Å². The van der Waals surface area contributed by atoms with Crippen molar-refractivity contribution < 1.29 is 18.0 Å². The Balaban J connectivity index is 2.33. The molecule has 1 aliphatic rings. The second kappa shape index (κ2) is 6.33. The molecule has 2 atom stereocenters. The Morgan fingerprint density at radius 1 is 1.32 bits per heavy atom. The lowest BCUT2D eigenvalue weighted by Crippen LogP contribution is -2.50. The molecule has 0 spiro atoms. The Hall–Kier alpha value is -1.15. The molecular formula is C11H21N3O4S. The van der Waals surface area contributed by atoms with Crippen molar-refractivity contribution in [3.8, 4) is 0 Å². The van der Waals surface area contributed by atoms with Gasteiger partial charge in [-0.3, -0.25) is 9.59 Å². The summed E-state index contributed by atoms with van der Waals surface area (Å²) in [5.41, 5.74) is 5.58. The maximum Gasteiger partial charge on any atom is 0.242 e. The molecular weight excluding hydrogens is 270 g/mol. The molecule has 19 heavy (non-hydrogen) atoms. The molecule has 1 saturated carbocycles. The Labute approximate surface area is 113 Å². The van der Waals surface area contributed by atoms with E-state index in [1.165, 1.54) is 0 Å². The van der Waals surface area contributed by atoms with Gasteiger partial charge in [-0.2, -0.15) is 0 Å². The Morgan fingerprint density at radius 3 is 2.37 bits per heavy atom. The highest BCUT2D eigenvalue weighted by Crippen LogP contribution is 2.18. The molecule has 8 heteroatoms. The molecule has 0 aromatic rings. The third-order valence-corrected chi connectivity index (χ3v) is 3.79. The van der Waals surface area contributed by atoms with Gasteiger partial charge in [-0.1, -0.05) is 0 Å². The van der Waals surface area contributed by atoms with Gasteiger partial charge in [0.1, 0.15) is 15.9 Å². The predicted molar refractivity (Wildman–Crippen MR) is 71.1 cm³/mol. The summed E-state index contributed by atoms with van der Waals surface area (Å²) in [6, 6.07) is -1.37. The average molecular weight is 291 g/mol. The quantitative estimate of drug-likeness (QED) is 0.529. The maximum absolute atomic E-state index is 11.7. The summed E-state index contributed by atoms with van der Waals surface area (Å²) < 4.78 is 21.9. The minimum Gasteiger partial charge on any atom is -0.352 e. The summed E-state index contributed by atoms with van der Waals surface area (Å²) in [5.74, 6) is -0.905. The highest BCUT2D eigenvalue weighted by atomic mass is 32.2. The van der Waals surface area contributed by atoms with Crippen LogP contribution in [0.2, 0.25) is 0 Å². The summed E-state index contributed by atoms with van der Waals surface area (Å²) in [7, 11) is -3.14. The van der Waals surface area contributed by atoms with Crippen LogP contribution in [0.3, 0.4) is 0 Å². The molecule has 110 valence electrons. The number of nitrogens with one attached hydrogen (secondary N) is 2. The third-order valence-electron chi connectivity index (χ3n) is 2.81. The minimum absolute atomic E-state index is 0.0433. The standard InChI is InChI=1S/C11H21N3O4S/c1-7(10(15)14-8-3-4-8)13-11(16)9(12)5-6-19(2,17)18/h7-9H,3-6,12H2,1-2H3,(H,13,16)(H,14,15). The molecule has 0 radical (unpaired) electrons. The number of hydrogen-bond acceptors (Lipinski definition) is 5. The first-order valence-electron chi connectivity index (χ1n) is 6.23. The van der Waals surface area contributed by atoms with E-state index in [4.69, 9.17) is 5.73 Å². The van der Waals surface area contributed by atoms with Gasteiger partial charge in [0.05, 0.1) is 11.8 Å². The summed E-state index contributed by atoms with van der Waals surface area (Å²) >= 11 is 0. The molecule has 2 amide bonds. The SMILES string of the molecule is CC(NC(=O)C(N)CCS(C)(=O)=O)C(=O)NC1CC1. The van der Waals surface area contributed by atoms with Gasteiger partial charge in [-0.15, -0.1) is 0 Å². The summed E-state index contributed by atoms with van der Waals surface area (Å²) in [4.78, 5) is 23.3. The Morgan fingerprint density at radius 2 is 1.89 bits per heavy atom. The molecule has 1 aliphatic carbocycles. The molecule has 7 nitrogen and oxygen atoms in total. The molecule has 4 N–H and O–H groups in total. The smallest absolute Gasteiger partial charge is 0.242 e. The lowest BCUT2D eigenvalue weighted by atomic mass is 10.2. The fraction of sp³-hybridized carbons (Fsp3) is 0.818. The van der Waals surface area contributed by atoms with Gasteiger partial charge >= 0.3 is 0 Å². The molecule has 0 saturated heterocycles. The molecule has 0 heterocycles. The first-order valence-corrected chi connectivity index (χ1v) is 8.29. The van der Waals surface area contributed by atoms with Gasteiger partial charge in [0, 0.05) is 12.3 Å². The zero-order valence-electron chi connectivity index (χ0n) is 11.2. The van der Waals surface area contributed by atoms with Crippen molar-refractivity contribution in [2.75, 3.05) is 12.0 Å². The number of nitrogens with two attached hydrogens (primary N) is 1. The van der Waals surface area contributed by atoms with E-state index < -0.39 is 27.8 Å². The van der Waals surface area contributed by atoms with Crippen LogP contribution in [-0.4, -0.2) is 50.4 Å². The first kappa shape index (κ1) is 15.9. The molecule has 0 aromatic carbocycles. The Bertz CT molecular complexity index is 445. The van der Waals surface area contributed by atoms with Crippen LogP contribution < -0.4 is 16.4 Å². The van der Waals surface area contributed by atoms with Crippen molar-refractivity contribution in [1.29, 1.82) is 0 Å². The number of rotatable bonds is 7. The fourth-order valence-corrected chi connectivity index (χ4v) is 2.09. The van der Waals surface area contributed by atoms with Crippen molar-refractivity contribution in [1.82, 2.24) is 10.6 Å². The highest BCUT2D eigenvalue weighted by molar-refractivity contribution is 7.90. The molecule has 1 fully saturated rings. The van der Waals surface area contributed by atoms with E-state index in [9.17, 15) is 18.0 Å². The molecule has 2 unspecified atom stereocenters. The van der Waals surface area contributed by atoms with Gasteiger partial charge in [-0.05, 0) is 26.2 Å². The third kappa shape index (κ3) is 6.53. The summed E-state index contributed by atoms with van der Waals surface area (Å²) in [5, 5.41) is 5.24. The van der Waals surface area contributed by atoms with Crippen LogP contribution in [0.25, 0.3) is 0 Å². The zero-order chi connectivity index (χ0) is 14.6. The lowest BCUT2D eigenvalue weighted by molar-refractivity contribution is -0.129. The highest BCUT2D eigenvalue weighted by Gasteiger charge is 2.27. The van der Waals surface area contributed by atoms with E-state index in [-0.39, 0.29) is 24.1 Å². The van der Waals surface area contributed by atoms with Crippen LogP contribution in [0.5, 0.6) is 0 Å². The van der Waals surface area contributed by atoms with Gasteiger partial charge in [0.15, 0.2) is 0 Å². The topological polar surface area (TPSA) is 118 Å². The predicted octanol–water partition coefficient (Wildman–Crippen LogP) is -1.47. The first-order chi connectivity index (χ1) is 8.69. The van der Waals surface area contributed by atoms with Crippen LogP contribution in [0.15, 0.2) is 0 Å². The number of carbonyl (C=O) groups is 2. The van der Waals surface area contributed by atoms with E-state index in [1.807, 2.05) is 0 Å². The van der Waals surface area contributed by atoms with Crippen LogP contribution in [0, 0.1) is 0 Å². The normalized spacial score (nSPS) is 18.5. The fourth-order valence-electron chi connectivity index (χ4n) is 1.41. The van der Waals surface area contributed by atoms with Crippen molar-refractivity contribution in [2.45, 2.75) is 44.3 Å². The molecule has 0 bridgehead atoms. The monoisotopic (exact) mass is 291 g/mol. The van der Waals surface area contributed by atoms with Crippen molar-refractivity contribution in [3.05, 3.63) is 0 Å². The van der Waals surface area contributed by atoms with E-state index in [0.717, 1.165) is 19.1 Å². The number of amides is 2. The van der Waals surface area contributed by atoms with Crippen LogP contribution in [0.1, 0.15) is 26.2 Å². The molecule has 0 aromatic heterocycles. The van der Waals surface area contributed by atoms with Crippen molar-refractivity contribution in [2.24, 2.45) is 5.73 Å². The largest absolute Gasteiger partial charge is 0.352 e. The van der Waals surface area contributed by atoms with Gasteiger partial charge < -0.3 is 16.4 Å². The van der Waals surface area contributed by atoms with E-state index >= 15 is 0 Å². The summed E-state index contributed by atoms with van der Waals surface area (Å²) in [6.45, 7) is 1.57. The van der Waals surface area contributed by atoms with Crippen LogP contribution in [-0.2, 0) is 19.4 Å². The zero-order valence-corrected chi connectivity index (χ0v) is 12.0.